The molecule has 3 unspecified atom stereocenters. The fourth-order valence-electron chi connectivity index (χ4n) is 4.42. The Kier molecular flexibility index (Phi) is 12.3. The summed E-state index contributed by atoms with van der Waals surface area (Å²) < 4.78 is 5.61. The van der Waals surface area contributed by atoms with E-state index in [1.165, 1.54) is 11.8 Å². The van der Waals surface area contributed by atoms with Gasteiger partial charge in [-0.05, 0) is 45.6 Å². The number of fused-ring (bicyclic) bond motifs is 1. The van der Waals surface area contributed by atoms with Gasteiger partial charge < -0.3 is 36.4 Å². The number of aliphatic carboxylic acids is 2. The molecule has 38 heavy (non-hydrogen) atoms. The zero-order valence-corrected chi connectivity index (χ0v) is 22.4. The van der Waals surface area contributed by atoms with E-state index in [0.29, 0.717) is 6.42 Å². The van der Waals surface area contributed by atoms with Crippen molar-refractivity contribution in [2.75, 3.05) is 18.1 Å². The fraction of sp³-hybridized carbons (Fsp3) is 0.640. The summed E-state index contributed by atoms with van der Waals surface area (Å²) in [5.74, 6) is -5.26. The third kappa shape index (κ3) is 9.76. The number of aliphatic hydroxyl groups excluding tert-OH is 1. The quantitative estimate of drug-likeness (QED) is 0.142. The van der Waals surface area contributed by atoms with E-state index in [1.807, 2.05) is 19.9 Å². The molecule has 6 atom stereocenters. The van der Waals surface area contributed by atoms with Gasteiger partial charge in [0.05, 0.1) is 12.0 Å². The standard InChI is InChI=1S/C25H37N3O9S/c1-13-4-3-5-14(2)9-19-22(18(29)8-13)15(25(36)37-19)11-38-12-17(23(33)27-10-21(31)32)28-20(30)7-6-16(26)24(34)35/h4,9,15-19,22,29H,3,5-8,10-12,26H2,1-2H3,(H,27,33)(H,28,30)(H,31,32)(H,34,35)/b13-4+,14-9+/t15?,16-,17?,18+,19+,22?/m0/s1. The van der Waals surface area contributed by atoms with E-state index < -0.39 is 72.4 Å². The minimum atomic E-state index is -1.26. The lowest BCUT2D eigenvalue weighted by Crippen LogP contribution is -2.49. The molecule has 7 N–H and O–H groups in total. The minimum absolute atomic E-state index is 0.00718. The van der Waals surface area contributed by atoms with Crippen LogP contribution in [0.4, 0.5) is 0 Å². The topological polar surface area (TPSA) is 205 Å². The molecule has 2 rings (SSSR count). The summed E-state index contributed by atoms with van der Waals surface area (Å²) in [6, 6.07) is -2.38. The predicted octanol–water partition coefficient (Wildman–Crippen LogP) is 0.193. The Morgan fingerprint density at radius 1 is 1.21 bits per heavy atom. The smallest absolute Gasteiger partial charge is 0.322 e. The Morgan fingerprint density at radius 3 is 2.58 bits per heavy atom. The van der Waals surface area contributed by atoms with E-state index in [-0.39, 0.29) is 24.3 Å². The predicted molar refractivity (Wildman–Crippen MR) is 139 cm³/mol. The normalized spacial score (nSPS) is 27.8. The molecular weight excluding hydrogens is 518 g/mol. The van der Waals surface area contributed by atoms with Crippen LogP contribution in [0.5, 0.6) is 0 Å². The summed E-state index contributed by atoms with van der Waals surface area (Å²) >= 11 is 1.19. The van der Waals surface area contributed by atoms with Crippen LogP contribution < -0.4 is 16.4 Å². The van der Waals surface area contributed by atoms with Crippen molar-refractivity contribution in [2.45, 2.75) is 70.2 Å². The Balaban J connectivity index is 2.08. The van der Waals surface area contributed by atoms with Crippen LogP contribution in [0.25, 0.3) is 0 Å². The van der Waals surface area contributed by atoms with Gasteiger partial charge in [-0.1, -0.05) is 17.2 Å². The second-order valence-electron chi connectivity index (χ2n) is 9.71. The molecule has 212 valence electrons. The first-order valence-corrected chi connectivity index (χ1v) is 13.6. The molecule has 0 bridgehead atoms. The van der Waals surface area contributed by atoms with Crippen molar-refractivity contribution >= 4 is 41.5 Å². The lowest BCUT2D eigenvalue weighted by atomic mass is 9.82. The van der Waals surface area contributed by atoms with Crippen molar-refractivity contribution in [3.63, 3.8) is 0 Å². The van der Waals surface area contributed by atoms with Crippen LogP contribution in [0.2, 0.25) is 0 Å². The number of hydrogen-bond donors (Lipinski definition) is 6. The van der Waals surface area contributed by atoms with Crippen LogP contribution >= 0.6 is 11.8 Å². The molecule has 2 amide bonds. The van der Waals surface area contributed by atoms with Crippen LogP contribution in [0, 0.1) is 11.8 Å². The van der Waals surface area contributed by atoms with Gasteiger partial charge in [0.25, 0.3) is 0 Å². The maximum absolute atomic E-state index is 12.8. The monoisotopic (exact) mass is 555 g/mol. The average molecular weight is 556 g/mol. The van der Waals surface area contributed by atoms with E-state index in [2.05, 4.69) is 16.7 Å². The first kappa shape index (κ1) is 31.3. The summed E-state index contributed by atoms with van der Waals surface area (Å²) in [7, 11) is 0. The summed E-state index contributed by atoms with van der Waals surface area (Å²) in [4.78, 5) is 59.4. The van der Waals surface area contributed by atoms with Crippen molar-refractivity contribution in [1.82, 2.24) is 10.6 Å². The molecule has 12 nitrogen and oxygen atoms in total. The van der Waals surface area contributed by atoms with Gasteiger partial charge in [0, 0.05) is 23.8 Å². The highest BCUT2D eigenvalue weighted by atomic mass is 32.2. The molecule has 1 aliphatic heterocycles. The third-order valence-corrected chi connectivity index (χ3v) is 7.67. The van der Waals surface area contributed by atoms with Gasteiger partial charge in [-0.3, -0.25) is 24.0 Å². The Hall–Kier alpha value is -2.90. The molecule has 0 aromatic carbocycles. The number of carboxylic acid groups (broad SMARTS) is 2. The molecule has 2 aliphatic rings. The number of carbonyl (C=O) groups excluding carboxylic acids is 3. The summed E-state index contributed by atoms with van der Waals surface area (Å²) in [6.07, 6.45) is 4.25. The number of thioether (sulfide) groups is 1. The first-order valence-electron chi connectivity index (χ1n) is 12.5. The van der Waals surface area contributed by atoms with E-state index >= 15 is 0 Å². The van der Waals surface area contributed by atoms with E-state index in [4.69, 9.17) is 20.7 Å². The zero-order chi connectivity index (χ0) is 28.4. The highest BCUT2D eigenvalue weighted by Crippen LogP contribution is 2.37. The molecule has 1 saturated heterocycles. The first-order chi connectivity index (χ1) is 17.9. The molecule has 13 heteroatoms. The van der Waals surface area contributed by atoms with Crippen LogP contribution in [0.15, 0.2) is 23.3 Å². The van der Waals surface area contributed by atoms with Crippen LogP contribution in [-0.4, -0.2) is 87.4 Å². The fourth-order valence-corrected chi connectivity index (χ4v) is 5.63. The number of nitrogens with one attached hydrogen (secondary N) is 2. The minimum Gasteiger partial charge on any atom is -0.480 e. The summed E-state index contributed by atoms with van der Waals surface area (Å²) in [5, 5.41) is 33.4. The Labute approximate surface area is 225 Å². The van der Waals surface area contributed by atoms with Crippen molar-refractivity contribution in [3.8, 4) is 0 Å². The number of ether oxygens (including phenoxy) is 1. The molecule has 1 fully saturated rings. The molecule has 1 aliphatic carbocycles. The number of carboxylic acids is 2. The highest BCUT2D eigenvalue weighted by Gasteiger charge is 2.47. The second-order valence-corrected chi connectivity index (χ2v) is 10.8. The molecule has 1 heterocycles. The highest BCUT2D eigenvalue weighted by molar-refractivity contribution is 7.99. The molecule has 0 radical (unpaired) electrons. The van der Waals surface area contributed by atoms with Gasteiger partial charge in [0.2, 0.25) is 11.8 Å². The lowest BCUT2D eigenvalue weighted by Gasteiger charge is -2.26. The van der Waals surface area contributed by atoms with Crippen molar-refractivity contribution in [2.24, 2.45) is 17.6 Å². The Bertz CT molecular complexity index is 968. The van der Waals surface area contributed by atoms with Crippen molar-refractivity contribution in [3.05, 3.63) is 23.3 Å². The molecular formula is C25H37N3O9S. The summed E-state index contributed by atoms with van der Waals surface area (Å²) in [6.45, 7) is 3.24. The number of allylic oxidation sites excluding steroid dienone is 2. The lowest BCUT2D eigenvalue weighted by molar-refractivity contribution is -0.142. The zero-order valence-electron chi connectivity index (χ0n) is 21.6. The van der Waals surface area contributed by atoms with Gasteiger partial charge >= 0.3 is 17.9 Å². The number of hydrogen-bond acceptors (Lipinski definition) is 9. The molecule has 0 saturated carbocycles. The maximum Gasteiger partial charge on any atom is 0.322 e. The van der Waals surface area contributed by atoms with Crippen LogP contribution in [-0.2, 0) is 28.7 Å². The van der Waals surface area contributed by atoms with Gasteiger partial charge in [-0.15, -0.1) is 0 Å². The number of amides is 2. The van der Waals surface area contributed by atoms with Crippen molar-refractivity contribution in [1.29, 1.82) is 0 Å². The number of esters is 1. The van der Waals surface area contributed by atoms with Gasteiger partial charge in [-0.25, -0.2) is 0 Å². The third-order valence-electron chi connectivity index (χ3n) is 6.50. The summed E-state index contributed by atoms with van der Waals surface area (Å²) in [5.41, 5.74) is 7.50. The molecule has 0 spiro atoms. The second kappa shape index (κ2) is 14.9. The number of carbonyl (C=O) groups is 5. The van der Waals surface area contributed by atoms with Crippen LogP contribution in [0.1, 0.15) is 46.0 Å². The van der Waals surface area contributed by atoms with Crippen molar-refractivity contribution < 1.29 is 44.0 Å². The molecule has 0 aromatic rings. The number of aliphatic hydroxyl groups is 1. The number of rotatable bonds is 12. The molecule has 0 aromatic heterocycles. The van der Waals surface area contributed by atoms with E-state index in [0.717, 1.165) is 24.0 Å². The van der Waals surface area contributed by atoms with Gasteiger partial charge in [0.15, 0.2) is 0 Å². The largest absolute Gasteiger partial charge is 0.480 e. The average Bonchev–Trinajstić information content (AvgIpc) is 3.14. The maximum atomic E-state index is 12.8. The van der Waals surface area contributed by atoms with Crippen LogP contribution in [0.3, 0.4) is 0 Å². The van der Waals surface area contributed by atoms with Gasteiger partial charge in [0.1, 0.15) is 24.7 Å². The van der Waals surface area contributed by atoms with Gasteiger partial charge in [-0.2, -0.15) is 11.8 Å². The Morgan fingerprint density at radius 2 is 1.92 bits per heavy atom. The van der Waals surface area contributed by atoms with E-state index in [1.54, 1.807) is 0 Å². The SMILES string of the molecule is C/C1=C\[C@H]2OC(=O)C(CSCC(NC(=O)CC[C@H](N)C(=O)O)C(=O)NCC(=O)O)C2[C@H](O)C/C(C)=C/CC1. The number of nitrogens with two attached hydrogens (primary N) is 1. The van der Waals surface area contributed by atoms with E-state index in [9.17, 15) is 29.1 Å².